The molecule has 0 unspecified atom stereocenters. The molecule has 1 aliphatic rings. The Morgan fingerprint density at radius 2 is 1.22 bits per heavy atom. The molecule has 0 bridgehead atoms. The lowest BCUT2D eigenvalue weighted by Crippen LogP contribution is -2.22. The quantitative estimate of drug-likeness (QED) is 0.129. The summed E-state index contributed by atoms with van der Waals surface area (Å²) >= 11 is 0. The number of aromatic nitrogens is 10. The van der Waals surface area contributed by atoms with Gasteiger partial charge in [0.1, 0.15) is 28.8 Å². The maximum Gasteiger partial charge on any atom is 0.137 e. The molecule has 0 amide bonds. The van der Waals surface area contributed by atoms with Crippen molar-refractivity contribution in [2.45, 2.75) is 44.4 Å². The second-order valence-electron chi connectivity index (χ2n) is 13.6. The fourth-order valence-corrected chi connectivity index (χ4v) is 7.60. The molecular weight excluding hydrogens is 699 g/mol. The number of hydrogen-bond donors (Lipinski definition) is 4. The Morgan fingerprint density at radius 3 is 1.82 bits per heavy atom. The highest BCUT2D eigenvalue weighted by atomic mass is 19.1. The van der Waals surface area contributed by atoms with Gasteiger partial charge in [-0.2, -0.15) is 0 Å². The molecule has 0 spiro atoms. The lowest BCUT2D eigenvalue weighted by molar-refractivity contribution is 0.104. The number of fused-ring (bicyclic) bond motifs is 2. The molecule has 0 aliphatic heterocycles. The van der Waals surface area contributed by atoms with Crippen LogP contribution in [-0.4, -0.2) is 60.2 Å². The first-order valence-corrected chi connectivity index (χ1v) is 18.1. The number of nitrogens with one attached hydrogen (secondary N) is 3. The predicted octanol–water partition coefficient (Wildman–Crippen LogP) is 8.71. The topological polar surface area (TPSA) is 142 Å². The van der Waals surface area contributed by atoms with Gasteiger partial charge in [0.2, 0.25) is 0 Å². The van der Waals surface area contributed by atoms with Gasteiger partial charge in [-0.1, -0.05) is 0 Å². The molecule has 4 N–H and O–H groups in total. The van der Waals surface area contributed by atoms with E-state index >= 15 is 0 Å². The van der Waals surface area contributed by atoms with Crippen molar-refractivity contribution in [3.05, 3.63) is 140 Å². The van der Waals surface area contributed by atoms with Crippen molar-refractivity contribution >= 4 is 22.1 Å². The molecular formula is C42H36F2N10O. The summed E-state index contributed by atoms with van der Waals surface area (Å²) in [4.78, 5) is 31.9. The Kier molecular flexibility index (Phi) is 9.04. The third-order valence-electron chi connectivity index (χ3n) is 10.2. The molecule has 7 heterocycles. The van der Waals surface area contributed by atoms with Gasteiger partial charge in [0.05, 0.1) is 48.1 Å². The number of benzene rings is 2. The summed E-state index contributed by atoms with van der Waals surface area (Å²) in [6, 6.07) is 21.0. The first-order chi connectivity index (χ1) is 27.0. The summed E-state index contributed by atoms with van der Waals surface area (Å²) in [7, 11) is 0. The Morgan fingerprint density at radius 1 is 0.618 bits per heavy atom. The average Bonchev–Trinajstić information content (AvgIpc) is 4.06. The Bertz CT molecular complexity index is 2690. The molecule has 55 heavy (non-hydrogen) atoms. The van der Waals surface area contributed by atoms with E-state index in [1.807, 2.05) is 47.6 Å². The van der Waals surface area contributed by atoms with Crippen LogP contribution in [0.5, 0.6) is 0 Å². The fourth-order valence-electron chi connectivity index (χ4n) is 7.60. The van der Waals surface area contributed by atoms with Crippen molar-refractivity contribution in [3.8, 4) is 45.0 Å². The van der Waals surface area contributed by atoms with Gasteiger partial charge in [-0.3, -0.25) is 0 Å². The van der Waals surface area contributed by atoms with E-state index in [-0.39, 0.29) is 23.8 Å². The molecule has 2 atom stereocenters. The predicted molar refractivity (Wildman–Crippen MR) is 207 cm³/mol. The van der Waals surface area contributed by atoms with Gasteiger partial charge >= 0.3 is 0 Å². The minimum absolute atomic E-state index is 0.183. The van der Waals surface area contributed by atoms with Crippen molar-refractivity contribution in [2.24, 2.45) is 0 Å². The molecule has 13 heteroatoms. The normalized spacial score (nSPS) is 15.7. The minimum Gasteiger partial charge on any atom is -0.393 e. The summed E-state index contributed by atoms with van der Waals surface area (Å²) in [5.74, 6) is 0.294. The zero-order valence-electron chi connectivity index (χ0n) is 29.6. The lowest BCUT2D eigenvalue weighted by Gasteiger charge is -2.28. The van der Waals surface area contributed by atoms with Gasteiger partial charge in [-0.15, -0.1) is 0 Å². The first-order valence-electron chi connectivity index (χ1n) is 18.1. The van der Waals surface area contributed by atoms with Gasteiger partial charge in [-0.05, 0) is 98.5 Å². The molecule has 0 saturated heterocycles. The highest BCUT2D eigenvalue weighted by Crippen LogP contribution is 2.40. The monoisotopic (exact) mass is 734 g/mol. The van der Waals surface area contributed by atoms with Crippen LogP contribution in [-0.2, 0) is 6.54 Å². The molecule has 1 aliphatic carbocycles. The first kappa shape index (κ1) is 34.1. The van der Waals surface area contributed by atoms with Crippen LogP contribution in [0.2, 0.25) is 0 Å². The van der Waals surface area contributed by atoms with Crippen LogP contribution in [0.25, 0.3) is 67.1 Å². The Labute approximate surface area is 313 Å². The van der Waals surface area contributed by atoms with Crippen molar-refractivity contribution in [3.63, 3.8) is 0 Å². The number of aliphatic hydroxyl groups excluding tert-OH is 1. The second kappa shape index (κ2) is 14.6. The van der Waals surface area contributed by atoms with Crippen LogP contribution in [0.3, 0.4) is 0 Å². The SMILES string of the molecule is Fc1ccc(-c2ncn(Cc3ncc[nH]3)c2-c2ccnc3[nH]ccc23)cc1.O[C@@H]1CCC[C@@H](n2cnc(-c3ccc(F)cc3)c2-c2ccnc3[nH]ccc23)C1. The summed E-state index contributed by atoms with van der Waals surface area (Å²) in [6.45, 7) is 0.546. The summed E-state index contributed by atoms with van der Waals surface area (Å²) in [5, 5.41) is 12.2. The summed E-state index contributed by atoms with van der Waals surface area (Å²) in [5.41, 5.74) is 8.90. The van der Waals surface area contributed by atoms with Gasteiger partial charge in [0, 0.05) is 76.2 Å². The van der Waals surface area contributed by atoms with Crippen molar-refractivity contribution in [2.75, 3.05) is 0 Å². The summed E-state index contributed by atoms with van der Waals surface area (Å²) in [6.07, 6.45) is 17.7. The van der Waals surface area contributed by atoms with Crippen LogP contribution < -0.4 is 0 Å². The number of pyridine rings is 2. The molecule has 2 aromatic carbocycles. The zero-order valence-corrected chi connectivity index (χ0v) is 29.6. The van der Waals surface area contributed by atoms with Gasteiger partial charge in [0.15, 0.2) is 0 Å². The molecule has 1 saturated carbocycles. The van der Waals surface area contributed by atoms with E-state index in [1.54, 1.807) is 55.4 Å². The van der Waals surface area contributed by atoms with E-state index < -0.39 is 0 Å². The number of rotatable bonds is 7. The van der Waals surface area contributed by atoms with Gasteiger partial charge in [-0.25, -0.2) is 33.7 Å². The smallest absolute Gasteiger partial charge is 0.137 e. The molecule has 1 fully saturated rings. The standard InChI is InChI=1S/C22H21FN4O.C20H15FN6/c23-15-6-4-14(5-7-15)20-21(18-8-10-24-22-19(18)9-11-25-22)27(13-26-20)16-2-1-3-17(28)12-16;21-14-3-1-13(2-4-14)18-19(15-5-7-24-20-16(15)6-8-25-20)27(12-26-18)11-17-22-9-10-23-17/h4-11,13,16-17,28H,1-3,12H2,(H,24,25);1-10,12H,11H2,(H,22,23)(H,24,25)/t16-,17-;/m1./s1. The average molecular weight is 735 g/mol. The Hall–Kier alpha value is -6.73. The van der Waals surface area contributed by atoms with Crippen LogP contribution in [0, 0.1) is 11.6 Å². The summed E-state index contributed by atoms with van der Waals surface area (Å²) < 4.78 is 31.1. The van der Waals surface area contributed by atoms with Crippen molar-refractivity contribution < 1.29 is 13.9 Å². The number of imidazole rings is 3. The van der Waals surface area contributed by atoms with E-state index in [4.69, 9.17) is 4.98 Å². The number of H-pyrrole nitrogens is 3. The van der Waals surface area contributed by atoms with E-state index in [1.165, 1.54) is 24.3 Å². The zero-order chi connectivity index (χ0) is 37.3. The number of aliphatic hydroxyl groups is 1. The lowest BCUT2D eigenvalue weighted by atomic mass is 9.92. The highest BCUT2D eigenvalue weighted by molar-refractivity contribution is 5.97. The molecule has 7 aromatic heterocycles. The van der Waals surface area contributed by atoms with Crippen LogP contribution in [0.1, 0.15) is 37.5 Å². The third-order valence-corrected chi connectivity index (χ3v) is 10.2. The maximum absolute atomic E-state index is 13.5. The van der Waals surface area contributed by atoms with Gasteiger partial charge < -0.3 is 29.2 Å². The number of halogens is 2. The van der Waals surface area contributed by atoms with Crippen LogP contribution in [0.15, 0.2) is 123 Å². The molecule has 9 aromatic rings. The number of hydrogen-bond acceptors (Lipinski definition) is 6. The number of nitrogens with zero attached hydrogens (tertiary/aromatic N) is 7. The van der Waals surface area contributed by atoms with Crippen molar-refractivity contribution in [1.82, 2.24) is 49.0 Å². The van der Waals surface area contributed by atoms with Gasteiger partial charge in [0.25, 0.3) is 0 Å². The van der Waals surface area contributed by atoms with E-state index in [9.17, 15) is 13.9 Å². The van der Waals surface area contributed by atoms with E-state index in [0.29, 0.717) is 13.0 Å². The third kappa shape index (κ3) is 6.70. The molecule has 10 rings (SSSR count). The van der Waals surface area contributed by atoms with E-state index in [0.717, 1.165) is 92.2 Å². The largest absolute Gasteiger partial charge is 0.393 e. The number of aromatic amines is 3. The molecule has 0 radical (unpaired) electrons. The van der Waals surface area contributed by atoms with Crippen LogP contribution >= 0.6 is 0 Å². The molecule has 11 nitrogen and oxygen atoms in total. The second-order valence-corrected chi connectivity index (χ2v) is 13.6. The minimum atomic E-state index is -0.284. The fraction of sp³-hybridized carbons (Fsp3) is 0.167. The Balaban J connectivity index is 0.000000144. The maximum atomic E-state index is 13.5. The highest BCUT2D eigenvalue weighted by Gasteiger charge is 2.27. The van der Waals surface area contributed by atoms with E-state index in [2.05, 4.69) is 39.5 Å². The molecule has 274 valence electrons. The van der Waals surface area contributed by atoms with Crippen molar-refractivity contribution in [1.29, 1.82) is 0 Å². The van der Waals surface area contributed by atoms with Crippen LogP contribution in [0.4, 0.5) is 8.78 Å².